The molecule has 2 aromatic carbocycles. The molecule has 0 aliphatic carbocycles. The molecule has 0 aromatic heterocycles. The number of rotatable bonds is 6. The van der Waals surface area contributed by atoms with Crippen molar-refractivity contribution in [3.8, 4) is 5.75 Å². The lowest BCUT2D eigenvalue weighted by Crippen LogP contribution is -2.53. The molecule has 2 aromatic rings. The molecule has 3 heterocycles. The van der Waals surface area contributed by atoms with Crippen molar-refractivity contribution in [3.05, 3.63) is 58.7 Å². The molecule has 200 valence electrons. The fourth-order valence-electron chi connectivity index (χ4n) is 6.01. The van der Waals surface area contributed by atoms with Crippen LogP contribution in [0.15, 0.2) is 36.4 Å². The van der Waals surface area contributed by atoms with Crippen LogP contribution in [0.3, 0.4) is 0 Å². The van der Waals surface area contributed by atoms with Gasteiger partial charge in [0.15, 0.2) is 0 Å². The molecule has 0 spiro atoms. The van der Waals surface area contributed by atoms with Gasteiger partial charge in [-0.25, -0.2) is 0 Å². The monoisotopic (exact) mass is 516 g/mol. The summed E-state index contributed by atoms with van der Waals surface area (Å²) in [5.74, 6) is 0.417. The zero-order chi connectivity index (χ0) is 26.2. The number of halogens is 3. The first kappa shape index (κ1) is 25.9. The zero-order valence-corrected chi connectivity index (χ0v) is 21.5. The number of aryl methyl sites for hydroxylation is 1. The maximum Gasteiger partial charge on any atom is 0.573 e. The van der Waals surface area contributed by atoms with Crippen LogP contribution < -0.4 is 15.0 Å². The summed E-state index contributed by atoms with van der Waals surface area (Å²) in [7, 11) is 0. The molecule has 2 unspecified atom stereocenters. The fourth-order valence-corrected chi connectivity index (χ4v) is 6.01. The van der Waals surface area contributed by atoms with Crippen LogP contribution in [-0.2, 0) is 13.1 Å². The minimum absolute atomic E-state index is 0.0330. The summed E-state index contributed by atoms with van der Waals surface area (Å²) >= 11 is 0. The minimum atomic E-state index is -4.72. The number of carbonyl (C=O) groups excluding carboxylic acids is 1. The van der Waals surface area contributed by atoms with Crippen molar-refractivity contribution in [3.63, 3.8) is 0 Å². The van der Waals surface area contributed by atoms with Gasteiger partial charge in [-0.3, -0.25) is 9.69 Å². The van der Waals surface area contributed by atoms with Gasteiger partial charge in [-0.2, -0.15) is 0 Å². The number of hydrogen-bond acceptors (Lipinski definition) is 5. The number of piperidine rings is 1. The first-order valence-electron chi connectivity index (χ1n) is 13.1. The summed E-state index contributed by atoms with van der Waals surface area (Å²) in [6.45, 7) is 11.4. The van der Waals surface area contributed by atoms with Crippen LogP contribution in [-0.4, -0.2) is 67.4 Å². The number of hydrogen-bond donors (Lipinski definition) is 1. The lowest BCUT2D eigenvalue weighted by atomic mass is 9.91. The number of amides is 1. The average molecular weight is 517 g/mol. The third-order valence-corrected chi connectivity index (χ3v) is 8.07. The van der Waals surface area contributed by atoms with E-state index in [4.69, 9.17) is 0 Å². The molecule has 3 aliphatic rings. The minimum Gasteiger partial charge on any atom is -0.406 e. The first-order valence-corrected chi connectivity index (χ1v) is 13.1. The summed E-state index contributed by atoms with van der Waals surface area (Å²) in [6.07, 6.45) is -2.16. The van der Waals surface area contributed by atoms with E-state index in [9.17, 15) is 18.0 Å². The first-order chi connectivity index (χ1) is 17.7. The SMILES string of the molecule is Cc1cc(N2CCN(C(C)C3CCCNC3)CC2)cc2c1C(=O)N(Cc1ccc(OC(F)(F)F)cc1)C2. The molecule has 0 bridgehead atoms. The second-order valence-electron chi connectivity index (χ2n) is 10.5. The second-order valence-corrected chi connectivity index (χ2v) is 10.5. The van der Waals surface area contributed by atoms with E-state index < -0.39 is 6.36 Å². The van der Waals surface area contributed by atoms with Crippen LogP contribution in [0.5, 0.6) is 5.75 Å². The fraction of sp³-hybridized carbons (Fsp3) is 0.536. The van der Waals surface area contributed by atoms with Gasteiger partial charge in [0.1, 0.15) is 5.75 Å². The highest BCUT2D eigenvalue weighted by Gasteiger charge is 2.33. The molecule has 2 saturated heterocycles. The Labute approximate surface area is 216 Å². The number of alkyl halides is 3. The van der Waals surface area contributed by atoms with Gasteiger partial charge in [-0.05, 0) is 86.7 Å². The van der Waals surface area contributed by atoms with Crippen molar-refractivity contribution in [2.75, 3.05) is 44.2 Å². The molecule has 6 nitrogen and oxygen atoms in total. The van der Waals surface area contributed by atoms with Crippen LogP contribution in [0.1, 0.15) is 46.8 Å². The number of ether oxygens (including phenoxy) is 1. The van der Waals surface area contributed by atoms with E-state index in [1.165, 1.54) is 25.0 Å². The number of piperazine rings is 1. The van der Waals surface area contributed by atoms with Crippen LogP contribution in [0.2, 0.25) is 0 Å². The number of nitrogens with one attached hydrogen (secondary N) is 1. The van der Waals surface area contributed by atoms with Gasteiger partial charge < -0.3 is 19.9 Å². The lowest BCUT2D eigenvalue weighted by Gasteiger charge is -2.42. The summed E-state index contributed by atoms with van der Waals surface area (Å²) in [5.41, 5.74) is 4.65. The van der Waals surface area contributed by atoms with Crippen molar-refractivity contribution < 1.29 is 22.7 Å². The Hall–Kier alpha value is -2.78. The van der Waals surface area contributed by atoms with Gasteiger partial charge in [0, 0.05) is 56.6 Å². The van der Waals surface area contributed by atoms with Crippen LogP contribution in [0, 0.1) is 12.8 Å². The molecule has 1 amide bonds. The van der Waals surface area contributed by atoms with Crippen molar-refractivity contribution in [1.29, 1.82) is 0 Å². The molecule has 37 heavy (non-hydrogen) atoms. The number of nitrogens with zero attached hydrogens (tertiary/aromatic N) is 3. The van der Waals surface area contributed by atoms with E-state index in [1.54, 1.807) is 17.0 Å². The summed E-state index contributed by atoms with van der Waals surface area (Å²) in [6, 6.07) is 10.5. The number of fused-ring (bicyclic) bond motifs is 1. The smallest absolute Gasteiger partial charge is 0.406 e. The quantitative estimate of drug-likeness (QED) is 0.610. The van der Waals surface area contributed by atoms with Crippen molar-refractivity contribution >= 4 is 11.6 Å². The molecule has 3 aliphatic heterocycles. The maximum absolute atomic E-state index is 13.2. The number of carbonyl (C=O) groups is 1. The van der Waals surface area contributed by atoms with Gasteiger partial charge in [-0.1, -0.05) is 12.1 Å². The highest BCUT2D eigenvalue weighted by atomic mass is 19.4. The predicted octanol–water partition coefficient (Wildman–Crippen LogP) is 4.56. The molecule has 5 rings (SSSR count). The van der Waals surface area contributed by atoms with E-state index in [1.807, 2.05) is 6.92 Å². The average Bonchev–Trinajstić information content (AvgIpc) is 3.19. The number of anilines is 1. The second kappa shape index (κ2) is 10.5. The van der Waals surface area contributed by atoms with Crippen molar-refractivity contribution in [1.82, 2.24) is 15.1 Å². The van der Waals surface area contributed by atoms with Crippen molar-refractivity contribution in [2.45, 2.75) is 52.2 Å². The van der Waals surface area contributed by atoms with Gasteiger partial charge in [0.05, 0.1) is 0 Å². The Morgan fingerprint density at radius 2 is 1.84 bits per heavy atom. The summed E-state index contributed by atoms with van der Waals surface area (Å²) < 4.78 is 41.2. The molecule has 0 saturated carbocycles. The molecule has 2 fully saturated rings. The van der Waals surface area contributed by atoms with E-state index >= 15 is 0 Å². The molecule has 0 radical (unpaired) electrons. The zero-order valence-electron chi connectivity index (χ0n) is 21.5. The lowest BCUT2D eigenvalue weighted by molar-refractivity contribution is -0.274. The van der Waals surface area contributed by atoms with Crippen molar-refractivity contribution in [2.24, 2.45) is 5.92 Å². The Morgan fingerprint density at radius 3 is 2.49 bits per heavy atom. The standard InChI is InChI=1S/C28H35F3N4O2/c1-19-14-24(34-12-10-33(11-13-34)20(2)22-4-3-9-32-16-22)15-23-18-35(27(36)26(19)23)17-21-5-7-25(8-6-21)37-28(29,30)31/h5-8,14-15,20,22,32H,3-4,9-13,16-18H2,1-2H3. The van der Waals surface area contributed by atoms with Crippen LogP contribution in [0.25, 0.3) is 0 Å². The van der Waals surface area contributed by atoms with Crippen LogP contribution >= 0.6 is 0 Å². The van der Waals surface area contributed by atoms with E-state index in [0.29, 0.717) is 25.0 Å². The highest BCUT2D eigenvalue weighted by molar-refractivity contribution is 6.00. The van der Waals surface area contributed by atoms with Gasteiger partial charge in [0.25, 0.3) is 5.91 Å². The van der Waals surface area contributed by atoms with Crippen LogP contribution in [0.4, 0.5) is 18.9 Å². The van der Waals surface area contributed by atoms with Gasteiger partial charge >= 0.3 is 6.36 Å². The Kier molecular flexibility index (Phi) is 7.36. The normalized spacial score (nSPS) is 21.8. The van der Waals surface area contributed by atoms with E-state index in [2.05, 4.69) is 38.9 Å². The molecule has 9 heteroatoms. The molecular formula is C28H35F3N4O2. The summed E-state index contributed by atoms with van der Waals surface area (Å²) in [5, 5.41) is 3.54. The summed E-state index contributed by atoms with van der Waals surface area (Å²) in [4.78, 5) is 19.9. The maximum atomic E-state index is 13.2. The topological polar surface area (TPSA) is 48.0 Å². The number of benzene rings is 2. The van der Waals surface area contributed by atoms with E-state index in [-0.39, 0.29) is 11.7 Å². The molecular weight excluding hydrogens is 481 g/mol. The predicted molar refractivity (Wildman–Crippen MR) is 137 cm³/mol. The van der Waals surface area contributed by atoms with Gasteiger partial charge in [0.2, 0.25) is 0 Å². The molecule has 2 atom stereocenters. The third kappa shape index (κ3) is 5.88. The van der Waals surface area contributed by atoms with Gasteiger partial charge in [-0.15, -0.1) is 13.2 Å². The Bertz CT molecular complexity index is 1110. The van der Waals surface area contributed by atoms with E-state index in [0.717, 1.165) is 67.2 Å². The largest absolute Gasteiger partial charge is 0.573 e. The molecule has 1 N–H and O–H groups in total. The Morgan fingerprint density at radius 1 is 1.11 bits per heavy atom. The highest BCUT2D eigenvalue weighted by Crippen LogP contribution is 2.33. The Balaban J connectivity index is 1.21. The third-order valence-electron chi connectivity index (χ3n) is 8.07.